The number of carbonyl (C=O) groups excluding carboxylic acids is 1. The Bertz CT molecular complexity index is 664. The second-order valence-corrected chi connectivity index (χ2v) is 8.92. The molecule has 25 heavy (non-hydrogen) atoms. The highest BCUT2D eigenvalue weighted by atomic mass is 32.2. The van der Waals surface area contributed by atoms with E-state index in [1.54, 1.807) is 4.31 Å². The van der Waals surface area contributed by atoms with Gasteiger partial charge in [0.15, 0.2) is 0 Å². The van der Waals surface area contributed by atoms with Crippen molar-refractivity contribution in [1.82, 2.24) is 14.9 Å². The van der Waals surface area contributed by atoms with E-state index in [1.807, 2.05) is 30.3 Å². The fraction of sp³-hybridized carbons (Fsp3) is 0.611. The molecule has 0 unspecified atom stereocenters. The minimum atomic E-state index is -3.30. The van der Waals surface area contributed by atoms with Crippen molar-refractivity contribution < 1.29 is 13.2 Å². The molecule has 0 atom stereocenters. The summed E-state index contributed by atoms with van der Waals surface area (Å²) >= 11 is 0. The number of carbonyl (C=O) groups is 1. The average Bonchev–Trinajstić information content (AvgIpc) is 2.63. The molecule has 0 saturated carbocycles. The summed E-state index contributed by atoms with van der Waals surface area (Å²) in [6.45, 7) is 2.75. The molecule has 2 fully saturated rings. The maximum absolute atomic E-state index is 12.6. The quantitative estimate of drug-likeness (QED) is 0.819. The third kappa shape index (κ3) is 5.03. The molecule has 1 amide bonds. The number of benzene rings is 1. The van der Waals surface area contributed by atoms with Gasteiger partial charge in [0.25, 0.3) is 0 Å². The molecule has 2 aliphatic heterocycles. The summed E-state index contributed by atoms with van der Waals surface area (Å²) in [5.41, 5.74) is 0.809. The summed E-state index contributed by atoms with van der Waals surface area (Å²) in [5.74, 6) is 0.271. The molecule has 0 aromatic heterocycles. The van der Waals surface area contributed by atoms with Gasteiger partial charge in [-0.05, 0) is 44.3 Å². The van der Waals surface area contributed by atoms with Gasteiger partial charge in [-0.25, -0.2) is 12.7 Å². The number of rotatable bonds is 5. The maximum Gasteiger partial charge on any atom is 0.223 e. The van der Waals surface area contributed by atoms with E-state index in [4.69, 9.17) is 0 Å². The second kappa shape index (κ2) is 8.29. The van der Waals surface area contributed by atoms with Crippen LogP contribution in [0.1, 0.15) is 31.2 Å². The van der Waals surface area contributed by atoms with Crippen LogP contribution in [0.15, 0.2) is 30.3 Å². The van der Waals surface area contributed by atoms with Gasteiger partial charge in [-0.3, -0.25) is 4.79 Å². The molecule has 1 aromatic rings. The monoisotopic (exact) mass is 365 g/mol. The van der Waals surface area contributed by atoms with Crippen LogP contribution in [0.5, 0.6) is 0 Å². The van der Waals surface area contributed by atoms with Gasteiger partial charge < -0.3 is 10.6 Å². The number of amides is 1. The van der Waals surface area contributed by atoms with E-state index in [2.05, 4.69) is 10.6 Å². The van der Waals surface area contributed by atoms with Gasteiger partial charge in [-0.2, -0.15) is 0 Å². The molecule has 0 spiro atoms. The van der Waals surface area contributed by atoms with Gasteiger partial charge in [-0.1, -0.05) is 30.3 Å². The molecule has 1 aromatic carbocycles. The first-order valence-corrected chi connectivity index (χ1v) is 10.7. The third-order valence-electron chi connectivity index (χ3n) is 5.10. The van der Waals surface area contributed by atoms with Crippen molar-refractivity contribution in [2.75, 3.05) is 26.2 Å². The van der Waals surface area contributed by atoms with Crippen molar-refractivity contribution in [1.29, 1.82) is 0 Å². The van der Waals surface area contributed by atoms with Gasteiger partial charge in [-0.15, -0.1) is 0 Å². The summed E-state index contributed by atoms with van der Waals surface area (Å²) in [6.07, 6.45) is 3.14. The topological polar surface area (TPSA) is 78.5 Å². The van der Waals surface area contributed by atoms with Crippen molar-refractivity contribution in [3.8, 4) is 0 Å². The highest BCUT2D eigenvalue weighted by molar-refractivity contribution is 7.88. The van der Waals surface area contributed by atoms with E-state index in [9.17, 15) is 13.2 Å². The lowest BCUT2D eigenvalue weighted by Crippen LogP contribution is -2.49. The zero-order valence-electron chi connectivity index (χ0n) is 14.5. The highest BCUT2D eigenvalue weighted by Gasteiger charge is 2.30. The van der Waals surface area contributed by atoms with Crippen LogP contribution in [0.3, 0.4) is 0 Å². The molecule has 2 heterocycles. The molecule has 0 bridgehead atoms. The lowest BCUT2D eigenvalue weighted by molar-refractivity contribution is -0.126. The molecule has 2 saturated heterocycles. The Balaban J connectivity index is 1.48. The molecule has 2 aliphatic rings. The normalized spacial score (nSPS) is 21.1. The van der Waals surface area contributed by atoms with Gasteiger partial charge in [0.05, 0.1) is 5.75 Å². The zero-order valence-corrected chi connectivity index (χ0v) is 15.3. The van der Waals surface area contributed by atoms with Crippen molar-refractivity contribution in [3.63, 3.8) is 0 Å². The van der Waals surface area contributed by atoms with Crippen molar-refractivity contribution in [2.45, 2.75) is 37.5 Å². The number of nitrogens with one attached hydrogen (secondary N) is 2. The van der Waals surface area contributed by atoms with Crippen LogP contribution < -0.4 is 10.6 Å². The van der Waals surface area contributed by atoms with Crippen LogP contribution in [0.4, 0.5) is 0 Å². The average molecular weight is 365 g/mol. The Labute approximate surface area is 150 Å². The maximum atomic E-state index is 12.6. The summed E-state index contributed by atoms with van der Waals surface area (Å²) < 4.78 is 26.7. The van der Waals surface area contributed by atoms with Crippen LogP contribution in [-0.2, 0) is 20.6 Å². The van der Waals surface area contributed by atoms with Crippen LogP contribution in [0.25, 0.3) is 0 Å². The lowest BCUT2D eigenvalue weighted by atomic mass is 9.96. The molecule has 138 valence electrons. The van der Waals surface area contributed by atoms with Crippen molar-refractivity contribution >= 4 is 15.9 Å². The summed E-state index contributed by atoms with van der Waals surface area (Å²) in [4.78, 5) is 12.3. The SMILES string of the molecule is O=C(NC1CCN(S(=O)(=O)Cc2ccccc2)CC1)C1CCNCC1. The van der Waals surface area contributed by atoms with Crippen molar-refractivity contribution in [2.24, 2.45) is 5.92 Å². The van der Waals surface area contributed by atoms with Gasteiger partial charge in [0.1, 0.15) is 0 Å². The van der Waals surface area contributed by atoms with Gasteiger partial charge >= 0.3 is 0 Å². The van der Waals surface area contributed by atoms with E-state index in [-0.39, 0.29) is 23.6 Å². The summed E-state index contributed by atoms with van der Waals surface area (Å²) in [5, 5.41) is 6.38. The second-order valence-electron chi connectivity index (χ2n) is 6.95. The minimum Gasteiger partial charge on any atom is -0.353 e. The molecular weight excluding hydrogens is 338 g/mol. The minimum absolute atomic E-state index is 0.0416. The predicted molar refractivity (Wildman–Crippen MR) is 97.4 cm³/mol. The molecule has 0 radical (unpaired) electrons. The number of nitrogens with zero attached hydrogens (tertiary/aromatic N) is 1. The van der Waals surface area contributed by atoms with Crippen LogP contribution in [-0.4, -0.2) is 50.9 Å². The van der Waals surface area contributed by atoms with Crippen LogP contribution >= 0.6 is 0 Å². The molecule has 3 rings (SSSR count). The predicted octanol–water partition coefficient (Wildman–Crippen LogP) is 1.10. The Morgan fingerprint density at radius 2 is 1.72 bits per heavy atom. The molecule has 2 N–H and O–H groups in total. The van der Waals surface area contributed by atoms with Crippen LogP contribution in [0, 0.1) is 5.92 Å². The zero-order chi connectivity index (χ0) is 17.7. The Morgan fingerprint density at radius 1 is 1.08 bits per heavy atom. The Kier molecular flexibility index (Phi) is 6.09. The number of hydrogen-bond donors (Lipinski definition) is 2. The number of piperidine rings is 2. The molecule has 7 heteroatoms. The fourth-order valence-corrected chi connectivity index (χ4v) is 5.12. The van der Waals surface area contributed by atoms with Gasteiger partial charge in [0.2, 0.25) is 15.9 Å². The largest absolute Gasteiger partial charge is 0.353 e. The van der Waals surface area contributed by atoms with Gasteiger partial charge in [0, 0.05) is 25.0 Å². The number of hydrogen-bond acceptors (Lipinski definition) is 4. The first kappa shape index (κ1) is 18.4. The number of sulfonamides is 1. The van der Waals surface area contributed by atoms with Crippen molar-refractivity contribution in [3.05, 3.63) is 35.9 Å². The smallest absolute Gasteiger partial charge is 0.223 e. The van der Waals surface area contributed by atoms with E-state index in [0.717, 1.165) is 31.5 Å². The van der Waals surface area contributed by atoms with E-state index in [0.29, 0.717) is 25.9 Å². The summed E-state index contributed by atoms with van der Waals surface area (Å²) in [7, 11) is -3.30. The first-order chi connectivity index (χ1) is 12.0. The van der Waals surface area contributed by atoms with E-state index >= 15 is 0 Å². The standard InChI is InChI=1S/C18H27N3O3S/c22-18(16-6-10-19-11-7-16)20-17-8-12-21(13-9-17)25(23,24)14-15-4-2-1-3-5-15/h1-5,16-17,19H,6-14H2,(H,20,22). The summed E-state index contributed by atoms with van der Waals surface area (Å²) in [6, 6.07) is 9.35. The Hall–Kier alpha value is -1.44. The lowest BCUT2D eigenvalue weighted by Gasteiger charge is -2.33. The third-order valence-corrected chi connectivity index (χ3v) is 6.95. The highest BCUT2D eigenvalue weighted by Crippen LogP contribution is 2.19. The van der Waals surface area contributed by atoms with E-state index in [1.165, 1.54) is 0 Å². The van der Waals surface area contributed by atoms with Crippen LogP contribution in [0.2, 0.25) is 0 Å². The first-order valence-electron chi connectivity index (χ1n) is 9.07. The van der Waals surface area contributed by atoms with E-state index < -0.39 is 10.0 Å². The molecular formula is C18H27N3O3S. The fourth-order valence-electron chi connectivity index (χ4n) is 3.56. The molecule has 0 aliphatic carbocycles. The Morgan fingerprint density at radius 3 is 2.36 bits per heavy atom. The molecule has 6 nitrogen and oxygen atoms in total.